The van der Waals surface area contributed by atoms with Crippen LogP contribution in [0.1, 0.15) is 23.2 Å². The van der Waals surface area contributed by atoms with Crippen LogP contribution < -0.4 is 5.32 Å². The molecule has 0 bridgehead atoms. The fourth-order valence-corrected chi connectivity index (χ4v) is 4.21. The first-order chi connectivity index (χ1) is 8.90. The highest BCUT2D eigenvalue weighted by atomic mass is 79.9. The van der Waals surface area contributed by atoms with Crippen LogP contribution >= 0.6 is 15.9 Å². The first-order valence-corrected chi connectivity index (χ1v) is 8.39. The Morgan fingerprint density at radius 2 is 2.21 bits per heavy atom. The van der Waals surface area contributed by atoms with E-state index in [1.807, 2.05) is 0 Å². The summed E-state index contributed by atoms with van der Waals surface area (Å²) in [5.41, 5.74) is 0.129. The Balaban J connectivity index is 2.04. The Hall–Kier alpha value is -1.08. The van der Waals surface area contributed by atoms with Gasteiger partial charge in [-0.05, 0) is 31.0 Å². The summed E-state index contributed by atoms with van der Waals surface area (Å²) in [6.07, 6.45) is 1.22. The summed E-state index contributed by atoms with van der Waals surface area (Å²) in [5.74, 6) is -0.411. The third kappa shape index (κ3) is 3.27. The number of carbonyl (C=O) groups excluding carboxylic acids is 1. The second-order valence-electron chi connectivity index (χ2n) is 4.50. The molecule has 0 saturated carbocycles. The predicted octanol–water partition coefficient (Wildman–Crippen LogP) is 1.46. The van der Waals surface area contributed by atoms with Gasteiger partial charge in [-0.1, -0.05) is 15.9 Å². The molecule has 1 fully saturated rings. The lowest BCUT2D eigenvalue weighted by Crippen LogP contribution is -2.34. The van der Waals surface area contributed by atoms with Gasteiger partial charge in [-0.15, -0.1) is 0 Å². The summed E-state index contributed by atoms with van der Waals surface area (Å²) < 4.78 is 23.9. The van der Waals surface area contributed by atoms with Gasteiger partial charge in [-0.2, -0.15) is 0 Å². The number of phenolic OH excluding ortho intramolecular Hbond substituents is 1. The molecule has 1 aromatic rings. The number of amides is 1. The van der Waals surface area contributed by atoms with E-state index in [1.54, 1.807) is 6.07 Å². The minimum atomic E-state index is -3.07. The maximum absolute atomic E-state index is 11.9. The second-order valence-corrected chi connectivity index (χ2v) is 7.82. The van der Waals surface area contributed by atoms with E-state index in [-0.39, 0.29) is 23.6 Å². The van der Waals surface area contributed by atoms with Crippen LogP contribution in [-0.4, -0.2) is 37.0 Å². The van der Waals surface area contributed by atoms with Gasteiger partial charge in [0.1, 0.15) is 5.75 Å². The highest BCUT2D eigenvalue weighted by molar-refractivity contribution is 9.10. The van der Waals surface area contributed by atoms with Crippen LogP contribution in [0.5, 0.6) is 5.75 Å². The number of halogens is 1. The second kappa shape index (κ2) is 5.50. The number of nitrogens with one attached hydrogen (secondary N) is 1. The molecule has 19 heavy (non-hydrogen) atoms. The zero-order valence-corrected chi connectivity index (χ0v) is 12.5. The van der Waals surface area contributed by atoms with Gasteiger partial charge in [0, 0.05) is 11.0 Å². The molecule has 0 radical (unpaired) electrons. The number of aromatic hydroxyl groups is 1. The van der Waals surface area contributed by atoms with Crippen molar-refractivity contribution in [3.8, 4) is 5.75 Å². The Kier molecular flexibility index (Phi) is 4.15. The van der Waals surface area contributed by atoms with Crippen molar-refractivity contribution in [2.45, 2.75) is 18.1 Å². The summed E-state index contributed by atoms with van der Waals surface area (Å²) in [5, 5.41) is 11.7. The van der Waals surface area contributed by atoms with E-state index in [0.29, 0.717) is 17.3 Å². The van der Waals surface area contributed by atoms with Gasteiger partial charge in [-0.3, -0.25) is 4.79 Å². The van der Waals surface area contributed by atoms with Gasteiger partial charge < -0.3 is 10.4 Å². The van der Waals surface area contributed by atoms with E-state index < -0.39 is 21.0 Å². The summed E-state index contributed by atoms with van der Waals surface area (Å²) in [4.78, 5) is 11.9. The molecule has 1 unspecified atom stereocenters. The molecule has 7 heteroatoms. The third-order valence-electron chi connectivity index (χ3n) is 3.16. The highest BCUT2D eigenvalue weighted by Crippen LogP contribution is 2.22. The van der Waals surface area contributed by atoms with E-state index in [2.05, 4.69) is 21.2 Å². The quantitative estimate of drug-likeness (QED) is 0.866. The van der Waals surface area contributed by atoms with Crippen LogP contribution in [0.15, 0.2) is 22.7 Å². The van der Waals surface area contributed by atoms with Gasteiger partial charge in [0.2, 0.25) is 0 Å². The maximum atomic E-state index is 11.9. The normalized spacial score (nSPS) is 21.2. The molecule has 2 N–H and O–H groups in total. The van der Waals surface area contributed by atoms with E-state index in [1.165, 1.54) is 12.1 Å². The molecule has 1 aromatic carbocycles. The number of phenols is 1. The fraction of sp³-hybridized carbons (Fsp3) is 0.417. The molecule has 104 valence electrons. The lowest BCUT2D eigenvalue weighted by molar-refractivity contribution is 0.0951. The van der Waals surface area contributed by atoms with Crippen molar-refractivity contribution in [3.63, 3.8) is 0 Å². The molecule has 0 aliphatic carbocycles. The SMILES string of the molecule is O=C(NCC1CCCS1(=O)=O)c1cc(Br)ccc1O. The monoisotopic (exact) mass is 347 g/mol. The summed E-state index contributed by atoms with van der Waals surface area (Å²) >= 11 is 3.21. The Bertz CT molecular complexity index is 600. The number of benzene rings is 1. The molecule has 1 heterocycles. The minimum absolute atomic E-state index is 0.0904. The largest absolute Gasteiger partial charge is 0.507 e. The van der Waals surface area contributed by atoms with Gasteiger partial charge in [0.05, 0.1) is 16.6 Å². The maximum Gasteiger partial charge on any atom is 0.255 e. The molecule has 1 saturated heterocycles. The molecule has 0 aromatic heterocycles. The van der Waals surface area contributed by atoms with E-state index in [9.17, 15) is 18.3 Å². The highest BCUT2D eigenvalue weighted by Gasteiger charge is 2.31. The summed E-state index contributed by atoms with van der Waals surface area (Å²) in [7, 11) is -3.07. The van der Waals surface area contributed by atoms with Crippen LogP contribution in [0, 0.1) is 0 Å². The lowest BCUT2D eigenvalue weighted by Gasteiger charge is -2.11. The van der Waals surface area contributed by atoms with E-state index >= 15 is 0 Å². The van der Waals surface area contributed by atoms with Crippen molar-refractivity contribution in [1.29, 1.82) is 0 Å². The minimum Gasteiger partial charge on any atom is -0.507 e. The van der Waals surface area contributed by atoms with E-state index in [0.717, 1.165) is 0 Å². The van der Waals surface area contributed by atoms with Crippen molar-refractivity contribution < 1.29 is 18.3 Å². The first-order valence-electron chi connectivity index (χ1n) is 5.88. The molecule has 1 aliphatic rings. The van der Waals surface area contributed by atoms with Crippen LogP contribution in [0.4, 0.5) is 0 Å². The average molecular weight is 348 g/mol. The molecule has 1 aliphatic heterocycles. The standard InChI is InChI=1S/C12H14BrNO4S/c13-8-3-4-11(15)10(6-8)12(16)14-7-9-2-1-5-19(9,17)18/h3-4,6,9,15H,1-2,5,7H2,(H,14,16). The number of hydrogen-bond donors (Lipinski definition) is 2. The van der Waals surface area contributed by atoms with Gasteiger partial charge in [0.25, 0.3) is 5.91 Å². The number of sulfone groups is 1. The van der Waals surface area contributed by atoms with Crippen molar-refractivity contribution in [1.82, 2.24) is 5.32 Å². The molecule has 5 nitrogen and oxygen atoms in total. The molecule has 2 rings (SSSR count). The van der Waals surface area contributed by atoms with Crippen molar-refractivity contribution >= 4 is 31.7 Å². The summed E-state index contributed by atoms with van der Waals surface area (Å²) in [6, 6.07) is 4.52. The Morgan fingerprint density at radius 3 is 2.84 bits per heavy atom. The van der Waals surface area contributed by atoms with Crippen LogP contribution in [0.25, 0.3) is 0 Å². The lowest BCUT2D eigenvalue weighted by atomic mass is 10.2. The average Bonchev–Trinajstić information content (AvgIpc) is 2.68. The number of rotatable bonds is 3. The van der Waals surface area contributed by atoms with Crippen molar-refractivity contribution in [2.75, 3.05) is 12.3 Å². The predicted molar refractivity (Wildman–Crippen MR) is 74.9 cm³/mol. The number of carbonyl (C=O) groups is 1. The molecule has 0 spiro atoms. The topological polar surface area (TPSA) is 83.5 Å². The zero-order valence-electron chi connectivity index (χ0n) is 10.1. The van der Waals surface area contributed by atoms with Gasteiger partial charge in [-0.25, -0.2) is 8.42 Å². The molecule has 1 atom stereocenters. The van der Waals surface area contributed by atoms with Gasteiger partial charge in [0.15, 0.2) is 9.84 Å². The smallest absolute Gasteiger partial charge is 0.255 e. The van der Waals surface area contributed by atoms with Crippen LogP contribution in [0.3, 0.4) is 0 Å². The molecular weight excluding hydrogens is 334 g/mol. The number of hydrogen-bond acceptors (Lipinski definition) is 4. The summed E-state index contributed by atoms with van der Waals surface area (Å²) in [6.45, 7) is 0.0904. The van der Waals surface area contributed by atoms with Gasteiger partial charge >= 0.3 is 0 Å². The van der Waals surface area contributed by atoms with Crippen molar-refractivity contribution in [2.24, 2.45) is 0 Å². The first kappa shape index (κ1) is 14.3. The van der Waals surface area contributed by atoms with Crippen LogP contribution in [-0.2, 0) is 9.84 Å². The fourth-order valence-electron chi connectivity index (χ4n) is 2.08. The zero-order chi connectivity index (χ0) is 14.0. The van der Waals surface area contributed by atoms with Crippen molar-refractivity contribution in [3.05, 3.63) is 28.2 Å². The van der Waals surface area contributed by atoms with Crippen LogP contribution in [0.2, 0.25) is 0 Å². The molecule has 1 amide bonds. The van der Waals surface area contributed by atoms with E-state index in [4.69, 9.17) is 0 Å². The third-order valence-corrected chi connectivity index (χ3v) is 5.93. The Morgan fingerprint density at radius 1 is 1.47 bits per heavy atom. The Labute approximate surface area is 120 Å². The molecular formula is C12H14BrNO4S.